The molecule has 3 aromatic rings. The summed E-state index contributed by atoms with van der Waals surface area (Å²) in [7, 11) is 1.63. The highest BCUT2D eigenvalue weighted by atomic mass is 19.3. The van der Waals surface area contributed by atoms with E-state index in [1.807, 2.05) is 39.1 Å². The Kier molecular flexibility index (Phi) is 8.02. The Labute approximate surface area is 227 Å². The lowest BCUT2D eigenvalue weighted by atomic mass is 9.58. The van der Waals surface area contributed by atoms with Gasteiger partial charge >= 0.3 is 5.97 Å². The number of aryl methyl sites for hydroxylation is 1. The number of aromatic amines is 1. The maximum atomic E-state index is 14.1. The molecule has 0 radical (unpaired) electrons. The van der Waals surface area contributed by atoms with Crippen molar-refractivity contribution in [1.82, 2.24) is 9.88 Å². The van der Waals surface area contributed by atoms with Gasteiger partial charge in [-0.15, -0.1) is 0 Å². The highest BCUT2D eigenvalue weighted by molar-refractivity contribution is 5.94. The zero-order valence-electron chi connectivity index (χ0n) is 23.2. The van der Waals surface area contributed by atoms with Gasteiger partial charge in [0, 0.05) is 60.7 Å². The van der Waals surface area contributed by atoms with E-state index < -0.39 is 17.3 Å². The number of rotatable bonds is 6. The Bertz CT molecular complexity index is 1380. The molecule has 210 valence electrons. The first-order valence-electron chi connectivity index (χ1n) is 13.4. The molecule has 1 aromatic heterocycles. The number of amides is 1. The van der Waals surface area contributed by atoms with Gasteiger partial charge in [-0.2, -0.15) is 0 Å². The summed E-state index contributed by atoms with van der Waals surface area (Å²) in [6.45, 7) is 8.47. The molecular formula is C30H37F2N3O4. The van der Waals surface area contributed by atoms with Crippen molar-refractivity contribution < 1.29 is 28.2 Å². The highest BCUT2D eigenvalue weighted by Crippen LogP contribution is 2.61. The molecule has 2 aromatic carbocycles. The average Bonchev–Trinajstić information content (AvgIpc) is 3.37. The summed E-state index contributed by atoms with van der Waals surface area (Å²) in [5.74, 6) is -3.34. The number of H-pyrrole nitrogens is 1. The lowest BCUT2D eigenvalue weighted by Gasteiger charge is -2.55. The van der Waals surface area contributed by atoms with Crippen molar-refractivity contribution in [3.05, 3.63) is 58.8 Å². The number of carbonyl (C=O) groups is 2. The molecule has 1 spiro atoms. The first-order chi connectivity index (χ1) is 18.5. The molecular weight excluding hydrogens is 504 g/mol. The van der Waals surface area contributed by atoms with Crippen LogP contribution in [0.15, 0.2) is 36.5 Å². The van der Waals surface area contributed by atoms with E-state index in [0.717, 1.165) is 33.3 Å². The Morgan fingerprint density at radius 2 is 1.92 bits per heavy atom. The zero-order valence-corrected chi connectivity index (χ0v) is 23.2. The van der Waals surface area contributed by atoms with Crippen molar-refractivity contribution in [3.8, 4) is 5.75 Å². The minimum Gasteiger partial charge on any atom is -0.496 e. The van der Waals surface area contributed by atoms with Crippen LogP contribution < -0.4 is 10.1 Å². The number of hydrogen-bond acceptors (Lipinski definition) is 4. The van der Waals surface area contributed by atoms with E-state index in [4.69, 9.17) is 4.74 Å². The van der Waals surface area contributed by atoms with Crippen LogP contribution in [-0.4, -0.2) is 46.4 Å². The monoisotopic (exact) mass is 541 g/mol. The Hall–Kier alpha value is -3.46. The third-order valence-electron chi connectivity index (χ3n) is 7.93. The van der Waals surface area contributed by atoms with Gasteiger partial charge in [0.05, 0.1) is 12.7 Å². The number of carbonyl (C=O) groups excluding carboxylic acids is 1. The molecule has 1 amide bonds. The highest BCUT2D eigenvalue weighted by Gasteiger charge is 2.58. The van der Waals surface area contributed by atoms with Crippen molar-refractivity contribution in [2.45, 2.75) is 71.9 Å². The second-order valence-corrected chi connectivity index (χ2v) is 10.6. The maximum Gasteiger partial charge on any atom is 0.335 e. The summed E-state index contributed by atoms with van der Waals surface area (Å²) in [4.78, 5) is 29.2. The van der Waals surface area contributed by atoms with Gasteiger partial charge in [-0.25, -0.2) is 13.6 Å². The van der Waals surface area contributed by atoms with E-state index in [0.29, 0.717) is 31.6 Å². The average molecular weight is 542 g/mol. The summed E-state index contributed by atoms with van der Waals surface area (Å²) in [5.41, 5.74) is 3.76. The number of anilines is 1. The molecule has 0 bridgehead atoms. The number of carboxylic acids is 1. The molecule has 1 aliphatic carbocycles. The van der Waals surface area contributed by atoms with Crippen molar-refractivity contribution in [1.29, 1.82) is 0 Å². The smallest absolute Gasteiger partial charge is 0.335 e. The second kappa shape index (κ2) is 11.0. The van der Waals surface area contributed by atoms with Crippen LogP contribution in [0.4, 0.5) is 14.5 Å². The number of likely N-dealkylation sites (tertiary alicyclic amines) is 1. The third-order valence-corrected chi connectivity index (χ3v) is 7.93. The maximum absolute atomic E-state index is 14.1. The van der Waals surface area contributed by atoms with E-state index in [2.05, 4.69) is 15.2 Å². The number of aromatic nitrogens is 1. The Balaban J connectivity index is 0.00000172. The number of piperidine rings is 1. The predicted octanol–water partition coefficient (Wildman–Crippen LogP) is 6.92. The Morgan fingerprint density at radius 1 is 1.21 bits per heavy atom. The molecule has 2 heterocycles. The number of alkyl halides is 2. The molecule has 39 heavy (non-hydrogen) atoms. The third kappa shape index (κ3) is 5.64. The number of hydrogen-bond donors (Lipinski definition) is 3. The van der Waals surface area contributed by atoms with E-state index in [1.54, 1.807) is 13.2 Å². The lowest BCUT2D eigenvalue weighted by molar-refractivity contribution is -0.186. The van der Waals surface area contributed by atoms with E-state index in [-0.39, 0.29) is 30.4 Å². The SMILES string of the molecule is CC.COc1cc(C)c2[nH]ccc2c1CN1CCC2(CC1c1ccc(C(=O)O)cc1NC(C)=O)CC(F)(F)C2. The molecule has 1 saturated carbocycles. The fraction of sp³-hybridized carbons (Fsp3) is 0.467. The number of benzene rings is 2. The van der Waals surface area contributed by atoms with Gasteiger partial charge in [0.25, 0.3) is 0 Å². The Morgan fingerprint density at radius 3 is 2.54 bits per heavy atom. The molecule has 2 aliphatic rings. The number of nitrogens with one attached hydrogen (secondary N) is 2. The zero-order chi connectivity index (χ0) is 28.5. The number of nitrogens with zero attached hydrogens (tertiary/aromatic N) is 1. The number of halogens is 2. The quantitative estimate of drug-likeness (QED) is 0.315. The lowest BCUT2D eigenvalue weighted by Crippen LogP contribution is -2.53. The van der Waals surface area contributed by atoms with Crippen LogP contribution >= 0.6 is 0 Å². The minimum absolute atomic E-state index is 0.0500. The van der Waals surface area contributed by atoms with Gasteiger partial charge in [0.15, 0.2) is 0 Å². The summed E-state index contributed by atoms with van der Waals surface area (Å²) >= 11 is 0. The van der Waals surface area contributed by atoms with Gasteiger partial charge in [-0.1, -0.05) is 19.9 Å². The molecule has 5 rings (SSSR count). The molecule has 1 saturated heterocycles. The fourth-order valence-corrected chi connectivity index (χ4v) is 6.30. The first kappa shape index (κ1) is 28.5. The standard InChI is InChI=1S/C28H31F2N3O4.C2H6/c1-16-10-24(37-3)21(19-6-8-31-25(16)19)13-33-9-7-27(14-28(29,30)15-27)12-23(33)20-5-4-18(26(35)36)11-22(20)32-17(2)34;1-2/h4-6,8,10-11,23,31H,7,9,12-15H2,1-3H3,(H,32,34)(H,35,36);1-2H3. The summed E-state index contributed by atoms with van der Waals surface area (Å²) in [5, 5.41) is 13.3. The minimum atomic E-state index is -2.65. The summed E-state index contributed by atoms with van der Waals surface area (Å²) in [6, 6.07) is 8.37. The van der Waals surface area contributed by atoms with Gasteiger partial charge in [-0.3, -0.25) is 9.69 Å². The molecule has 2 fully saturated rings. The summed E-state index contributed by atoms with van der Waals surface area (Å²) < 4.78 is 33.9. The van der Waals surface area contributed by atoms with Crippen molar-refractivity contribution in [2.75, 3.05) is 19.0 Å². The summed E-state index contributed by atoms with van der Waals surface area (Å²) in [6.07, 6.45) is 2.73. The molecule has 1 aliphatic heterocycles. The van der Waals surface area contributed by atoms with E-state index >= 15 is 0 Å². The van der Waals surface area contributed by atoms with E-state index in [1.165, 1.54) is 19.1 Å². The normalized spacial score (nSPS) is 19.6. The molecule has 3 N–H and O–H groups in total. The van der Waals surface area contributed by atoms with Crippen LogP contribution in [0.3, 0.4) is 0 Å². The fourth-order valence-electron chi connectivity index (χ4n) is 6.30. The number of carboxylic acid groups (broad SMARTS) is 1. The molecule has 1 unspecified atom stereocenters. The van der Waals surface area contributed by atoms with Crippen LogP contribution in [-0.2, 0) is 11.3 Å². The van der Waals surface area contributed by atoms with Crippen LogP contribution in [0.25, 0.3) is 10.9 Å². The molecule has 7 nitrogen and oxygen atoms in total. The topological polar surface area (TPSA) is 94.7 Å². The largest absolute Gasteiger partial charge is 0.496 e. The number of ether oxygens (including phenoxy) is 1. The van der Waals surface area contributed by atoms with Gasteiger partial charge in [0.2, 0.25) is 11.8 Å². The van der Waals surface area contributed by atoms with Crippen molar-refractivity contribution >= 4 is 28.5 Å². The van der Waals surface area contributed by atoms with Gasteiger partial charge in [-0.05, 0) is 67.1 Å². The second-order valence-electron chi connectivity index (χ2n) is 10.6. The number of fused-ring (bicyclic) bond motifs is 1. The van der Waals surface area contributed by atoms with Crippen LogP contribution in [0.5, 0.6) is 5.75 Å². The van der Waals surface area contributed by atoms with Gasteiger partial charge < -0.3 is 20.1 Å². The van der Waals surface area contributed by atoms with Crippen LogP contribution in [0.1, 0.15) is 79.5 Å². The van der Waals surface area contributed by atoms with Gasteiger partial charge in [0.1, 0.15) is 5.75 Å². The number of aromatic carboxylic acids is 1. The first-order valence-corrected chi connectivity index (χ1v) is 13.4. The van der Waals surface area contributed by atoms with Crippen molar-refractivity contribution in [3.63, 3.8) is 0 Å². The molecule has 1 atom stereocenters. The van der Waals surface area contributed by atoms with Crippen LogP contribution in [0, 0.1) is 12.3 Å². The number of methoxy groups -OCH3 is 1. The van der Waals surface area contributed by atoms with E-state index in [9.17, 15) is 23.5 Å². The van der Waals surface area contributed by atoms with Crippen LogP contribution in [0.2, 0.25) is 0 Å². The molecule has 9 heteroatoms. The predicted molar refractivity (Wildman–Crippen MR) is 148 cm³/mol. The van der Waals surface area contributed by atoms with Crippen molar-refractivity contribution in [2.24, 2.45) is 5.41 Å².